The molecule has 5 nitrogen and oxygen atoms in total. The topological polar surface area (TPSA) is 87.0 Å². The second kappa shape index (κ2) is 6.90. The van der Waals surface area contributed by atoms with Crippen LogP contribution in [-0.2, 0) is 14.6 Å². The van der Waals surface area contributed by atoms with Crippen molar-refractivity contribution >= 4 is 21.4 Å². The third-order valence-electron chi connectivity index (χ3n) is 2.43. The van der Waals surface area contributed by atoms with Crippen LogP contribution in [-0.4, -0.2) is 25.8 Å². The average molecular weight is 280 g/mol. The quantitative estimate of drug-likeness (QED) is 0.859. The number of rotatable bonds is 6. The van der Waals surface area contributed by atoms with Gasteiger partial charge in [0.05, 0.1) is 17.4 Å². The number of sulfone groups is 1. The number of nitrogens with one attached hydrogen (secondary N) is 1. The second-order valence-electron chi connectivity index (χ2n) is 4.14. The summed E-state index contributed by atoms with van der Waals surface area (Å²) in [6.45, 7) is 1.78. The summed E-state index contributed by atoms with van der Waals surface area (Å²) in [6.07, 6.45) is 0.479. The fourth-order valence-electron chi connectivity index (χ4n) is 1.55. The maximum absolute atomic E-state index is 11.6. The molecule has 0 spiro atoms. The Morgan fingerprint density at radius 1 is 1.37 bits per heavy atom. The van der Waals surface area contributed by atoms with Crippen molar-refractivity contribution in [2.75, 3.05) is 16.8 Å². The van der Waals surface area contributed by atoms with E-state index in [4.69, 9.17) is 5.26 Å². The number of hydrogen-bond donors (Lipinski definition) is 1. The van der Waals surface area contributed by atoms with Crippen molar-refractivity contribution in [1.82, 2.24) is 0 Å². The van der Waals surface area contributed by atoms with Crippen LogP contribution in [0.4, 0.5) is 5.69 Å². The summed E-state index contributed by atoms with van der Waals surface area (Å²) < 4.78 is 22.9. The van der Waals surface area contributed by atoms with Crippen LogP contribution in [0, 0.1) is 11.3 Å². The van der Waals surface area contributed by atoms with Crippen molar-refractivity contribution < 1.29 is 13.2 Å². The minimum Gasteiger partial charge on any atom is -0.326 e. The highest BCUT2D eigenvalue weighted by Crippen LogP contribution is 2.10. The van der Waals surface area contributed by atoms with Crippen LogP contribution in [0.2, 0.25) is 0 Å². The summed E-state index contributed by atoms with van der Waals surface area (Å²) >= 11 is 0. The molecule has 0 saturated carbocycles. The Balaban J connectivity index is 2.54. The first-order valence-electron chi connectivity index (χ1n) is 5.97. The second-order valence-corrected chi connectivity index (χ2v) is 6.45. The smallest absolute Gasteiger partial charge is 0.225 e. The molecule has 1 rings (SSSR count). The summed E-state index contributed by atoms with van der Waals surface area (Å²) in [4.78, 5) is 11.6. The van der Waals surface area contributed by atoms with Crippen molar-refractivity contribution in [2.45, 2.75) is 19.8 Å². The predicted molar refractivity (Wildman–Crippen MR) is 73.3 cm³/mol. The van der Waals surface area contributed by atoms with E-state index in [1.54, 1.807) is 31.2 Å². The molecule has 1 amide bonds. The minimum atomic E-state index is -3.14. The Morgan fingerprint density at radius 3 is 2.74 bits per heavy atom. The summed E-state index contributed by atoms with van der Waals surface area (Å²) in [5.74, 6) is -0.413. The van der Waals surface area contributed by atoms with Gasteiger partial charge in [0, 0.05) is 17.9 Å². The van der Waals surface area contributed by atoms with E-state index in [9.17, 15) is 13.2 Å². The minimum absolute atomic E-state index is 0.0703. The van der Waals surface area contributed by atoms with Gasteiger partial charge in [-0.25, -0.2) is 8.42 Å². The summed E-state index contributed by atoms with van der Waals surface area (Å²) in [5.41, 5.74) is 0.938. The van der Waals surface area contributed by atoms with Gasteiger partial charge >= 0.3 is 0 Å². The highest BCUT2D eigenvalue weighted by molar-refractivity contribution is 7.91. The van der Waals surface area contributed by atoms with E-state index in [2.05, 4.69) is 5.32 Å². The van der Waals surface area contributed by atoms with Gasteiger partial charge in [-0.1, -0.05) is 13.0 Å². The van der Waals surface area contributed by atoms with E-state index in [0.29, 0.717) is 17.7 Å². The lowest BCUT2D eigenvalue weighted by molar-refractivity contribution is -0.115. The van der Waals surface area contributed by atoms with Crippen molar-refractivity contribution in [2.24, 2.45) is 0 Å². The van der Waals surface area contributed by atoms with Gasteiger partial charge in [0.15, 0.2) is 9.84 Å². The number of anilines is 1. The van der Waals surface area contributed by atoms with Crippen LogP contribution >= 0.6 is 0 Å². The van der Waals surface area contributed by atoms with E-state index in [1.807, 2.05) is 6.07 Å². The number of nitrogens with zero attached hydrogens (tertiary/aromatic N) is 1. The molecule has 0 fully saturated rings. The van der Waals surface area contributed by atoms with E-state index in [1.165, 1.54) is 0 Å². The molecule has 0 atom stereocenters. The number of amides is 1. The highest BCUT2D eigenvalue weighted by atomic mass is 32.2. The van der Waals surface area contributed by atoms with Crippen molar-refractivity contribution in [3.63, 3.8) is 0 Å². The molecule has 0 radical (unpaired) electrons. The molecule has 0 aliphatic rings. The molecule has 1 aromatic rings. The third kappa shape index (κ3) is 5.53. The maximum Gasteiger partial charge on any atom is 0.225 e. The Bertz CT molecular complexity index is 588. The molecule has 0 saturated heterocycles. The lowest BCUT2D eigenvalue weighted by atomic mass is 10.2. The first kappa shape index (κ1) is 15.2. The molecule has 19 heavy (non-hydrogen) atoms. The van der Waals surface area contributed by atoms with Gasteiger partial charge in [0.25, 0.3) is 0 Å². The molecule has 0 aliphatic carbocycles. The van der Waals surface area contributed by atoms with Gasteiger partial charge in [-0.2, -0.15) is 5.26 Å². The first-order chi connectivity index (χ1) is 8.96. The molecular formula is C13H16N2O3S. The van der Waals surface area contributed by atoms with Gasteiger partial charge in [0.2, 0.25) is 5.91 Å². The van der Waals surface area contributed by atoms with Crippen LogP contribution < -0.4 is 5.32 Å². The molecule has 1 N–H and O–H groups in total. The molecule has 6 heteroatoms. The molecule has 102 valence electrons. The number of carbonyl (C=O) groups excluding carboxylic acids is 1. The average Bonchev–Trinajstić information content (AvgIpc) is 2.37. The number of carbonyl (C=O) groups is 1. The van der Waals surface area contributed by atoms with E-state index < -0.39 is 9.84 Å². The third-order valence-corrected chi connectivity index (χ3v) is 4.29. The maximum atomic E-state index is 11.6. The molecule has 0 heterocycles. The summed E-state index contributed by atoms with van der Waals surface area (Å²) in [6, 6.07) is 8.44. The van der Waals surface area contributed by atoms with Gasteiger partial charge in [0.1, 0.15) is 0 Å². The molecule has 1 aromatic carbocycles. The fourth-order valence-corrected chi connectivity index (χ4v) is 2.87. The van der Waals surface area contributed by atoms with Crippen molar-refractivity contribution in [3.05, 3.63) is 29.8 Å². The van der Waals surface area contributed by atoms with E-state index >= 15 is 0 Å². The normalized spacial score (nSPS) is 10.7. The lowest BCUT2D eigenvalue weighted by Crippen LogP contribution is -2.18. The van der Waals surface area contributed by atoms with Crippen LogP contribution in [0.3, 0.4) is 0 Å². The monoisotopic (exact) mass is 280 g/mol. The van der Waals surface area contributed by atoms with Gasteiger partial charge in [-0.3, -0.25) is 4.79 Å². The zero-order valence-electron chi connectivity index (χ0n) is 10.7. The van der Waals surface area contributed by atoms with Gasteiger partial charge in [-0.05, 0) is 24.6 Å². The zero-order chi connectivity index (χ0) is 14.3. The van der Waals surface area contributed by atoms with Gasteiger partial charge in [-0.15, -0.1) is 0 Å². The van der Waals surface area contributed by atoms with Crippen LogP contribution in [0.15, 0.2) is 24.3 Å². The molecule has 0 unspecified atom stereocenters. The molecule has 0 aromatic heterocycles. The number of hydrogen-bond acceptors (Lipinski definition) is 4. The van der Waals surface area contributed by atoms with E-state index in [0.717, 1.165) is 0 Å². The SMILES string of the molecule is CCCS(=O)(=O)CCC(=O)Nc1cccc(C#N)c1. The predicted octanol–water partition coefficient (Wildman–Crippen LogP) is 1.71. The highest BCUT2D eigenvalue weighted by Gasteiger charge is 2.12. The standard InChI is InChI=1S/C13H16N2O3S/c1-2-7-19(17,18)8-6-13(16)15-12-5-3-4-11(9-12)10-14/h3-5,9H,2,6-8H2,1H3,(H,15,16). The van der Waals surface area contributed by atoms with Crippen LogP contribution in [0.5, 0.6) is 0 Å². The Hall–Kier alpha value is -1.87. The van der Waals surface area contributed by atoms with Crippen molar-refractivity contribution in [1.29, 1.82) is 5.26 Å². The largest absolute Gasteiger partial charge is 0.326 e. The molecule has 0 bridgehead atoms. The van der Waals surface area contributed by atoms with E-state index in [-0.39, 0.29) is 23.8 Å². The Labute approximate surface area is 113 Å². The molecule has 0 aliphatic heterocycles. The van der Waals surface area contributed by atoms with Gasteiger partial charge < -0.3 is 5.32 Å². The molecular weight excluding hydrogens is 264 g/mol. The summed E-state index contributed by atoms with van der Waals surface area (Å²) in [5, 5.41) is 11.3. The zero-order valence-corrected chi connectivity index (χ0v) is 11.5. The number of benzene rings is 1. The van der Waals surface area contributed by atoms with Crippen LogP contribution in [0.1, 0.15) is 25.3 Å². The summed E-state index contributed by atoms with van der Waals surface area (Å²) in [7, 11) is -3.14. The first-order valence-corrected chi connectivity index (χ1v) is 7.79. The Morgan fingerprint density at radius 2 is 2.11 bits per heavy atom. The number of nitriles is 1. The van der Waals surface area contributed by atoms with Crippen molar-refractivity contribution in [3.8, 4) is 6.07 Å². The lowest BCUT2D eigenvalue weighted by Gasteiger charge is -2.06. The fraction of sp³-hybridized carbons (Fsp3) is 0.385. The van der Waals surface area contributed by atoms with Crippen LogP contribution in [0.25, 0.3) is 0 Å². The Kier molecular flexibility index (Phi) is 5.52.